The minimum Gasteiger partial charge on any atom is -0.309 e. The molecule has 11 rings (SSSR count). The molecule has 1 heterocycles. The van der Waals surface area contributed by atoms with Crippen LogP contribution in [0.25, 0.3) is 83.1 Å². The van der Waals surface area contributed by atoms with Crippen molar-refractivity contribution in [3.63, 3.8) is 0 Å². The molecule has 0 aliphatic carbocycles. The topological polar surface area (TPSA) is 8.17 Å². The van der Waals surface area contributed by atoms with E-state index in [-0.39, 0.29) is 0 Å². The van der Waals surface area contributed by atoms with Crippen LogP contribution in [-0.2, 0) is 0 Å². The lowest BCUT2D eigenvalue weighted by Crippen LogP contribution is -2.12. The van der Waals surface area contributed by atoms with Crippen LogP contribution in [-0.4, -0.2) is 4.57 Å². The van der Waals surface area contributed by atoms with Gasteiger partial charge in [-0.3, -0.25) is 0 Å². The lowest BCUT2D eigenvalue weighted by Gasteiger charge is -2.30. The molecule has 2 nitrogen and oxygen atoms in total. The van der Waals surface area contributed by atoms with Gasteiger partial charge in [0.2, 0.25) is 0 Å². The van der Waals surface area contributed by atoms with Crippen molar-refractivity contribution in [2.45, 2.75) is 0 Å². The van der Waals surface area contributed by atoms with E-state index in [0.29, 0.717) is 0 Å². The predicted octanol–water partition coefficient (Wildman–Crippen LogP) is 16.6. The molecule has 2 heteroatoms. The summed E-state index contributed by atoms with van der Waals surface area (Å²) in [5, 5.41) is 2.51. The van der Waals surface area contributed by atoms with Gasteiger partial charge in [-0.2, -0.15) is 0 Å². The maximum Gasteiger partial charge on any atom is 0.0541 e. The van der Waals surface area contributed by atoms with E-state index >= 15 is 0 Å². The van der Waals surface area contributed by atoms with Crippen LogP contribution in [0.4, 0.5) is 17.1 Å². The maximum atomic E-state index is 2.44. The number of benzene rings is 10. The van der Waals surface area contributed by atoms with Crippen LogP contribution < -0.4 is 4.90 Å². The van der Waals surface area contributed by atoms with E-state index in [4.69, 9.17) is 0 Å². The number of aromatic nitrogens is 1. The fourth-order valence-corrected chi connectivity index (χ4v) is 9.26. The van der Waals surface area contributed by atoms with Crippen molar-refractivity contribution in [2.24, 2.45) is 0 Å². The summed E-state index contributed by atoms with van der Waals surface area (Å²) in [5.41, 5.74) is 18.6. The Morgan fingerprint density at radius 3 is 1.21 bits per heavy atom. The van der Waals surface area contributed by atoms with Crippen LogP contribution in [0.2, 0.25) is 0 Å². The van der Waals surface area contributed by atoms with E-state index in [1.807, 2.05) is 0 Å². The zero-order chi connectivity index (χ0) is 41.2. The molecule has 0 saturated carbocycles. The SMILES string of the molecule is c1ccc(-c2ccccc2-c2ccccc2-c2ccccc2N(c2ccc(-c3ccccc3-n3c4ccccc4c4ccccc43)cc2)c2ccccc2-c2ccccc2)cc1. The highest BCUT2D eigenvalue weighted by molar-refractivity contribution is 6.10. The summed E-state index contributed by atoms with van der Waals surface area (Å²) >= 11 is 0. The number of anilines is 3. The molecule has 1 aromatic heterocycles. The monoisotopic (exact) mass is 790 g/mol. The number of para-hydroxylation sites is 5. The van der Waals surface area contributed by atoms with E-state index in [2.05, 4.69) is 264 Å². The Hall–Kier alpha value is -8.20. The van der Waals surface area contributed by atoms with Gasteiger partial charge in [0.15, 0.2) is 0 Å². The first-order valence-corrected chi connectivity index (χ1v) is 21.3. The summed E-state index contributed by atoms with van der Waals surface area (Å²) in [6.45, 7) is 0. The number of hydrogen-bond acceptors (Lipinski definition) is 1. The van der Waals surface area contributed by atoms with Crippen molar-refractivity contribution in [1.29, 1.82) is 0 Å². The highest BCUT2D eigenvalue weighted by Crippen LogP contribution is 2.48. The molecule has 292 valence electrons. The third-order valence-electron chi connectivity index (χ3n) is 12.1. The Balaban J connectivity index is 1.09. The van der Waals surface area contributed by atoms with Gasteiger partial charge in [0.25, 0.3) is 0 Å². The van der Waals surface area contributed by atoms with Gasteiger partial charge in [0, 0.05) is 33.2 Å². The van der Waals surface area contributed by atoms with Gasteiger partial charge in [-0.1, -0.05) is 212 Å². The van der Waals surface area contributed by atoms with Gasteiger partial charge in [-0.25, -0.2) is 0 Å². The minimum atomic E-state index is 1.07. The van der Waals surface area contributed by atoms with Crippen molar-refractivity contribution < 1.29 is 0 Å². The summed E-state index contributed by atoms with van der Waals surface area (Å²) in [4.78, 5) is 2.44. The average Bonchev–Trinajstić information content (AvgIpc) is 3.69. The first-order valence-electron chi connectivity index (χ1n) is 21.3. The van der Waals surface area contributed by atoms with E-state index in [0.717, 1.165) is 39.4 Å². The van der Waals surface area contributed by atoms with Crippen LogP contribution in [0.15, 0.2) is 255 Å². The first kappa shape index (κ1) is 36.8. The van der Waals surface area contributed by atoms with Crippen LogP contribution in [0.3, 0.4) is 0 Å². The number of hydrogen-bond donors (Lipinski definition) is 0. The summed E-state index contributed by atoms with van der Waals surface area (Å²) in [6, 6.07) is 92.0. The molecule has 0 saturated heterocycles. The Morgan fingerprint density at radius 2 is 0.613 bits per heavy atom. The summed E-state index contributed by atoms with van der Waals surface area (Å²) in [7, 11) is 0. The molecule has 0 bridgehead atoms. The molecule has 62 heavy (non-hydrogen) atoms. The Labute approximate surface area is 362 Å². The third kappa shape index (κ3) is 6.56. The molecule has 0 unspecified atom stereocenters. The zero-order valence-corrected chi connectivity index (χ0v) is 34.1. The standard InChI is InChI=1S/C60H42N2/c1-3-21-43(22-4-1)47-25-7-8-28-50(47)51-29-9-10-30-52(51)53-31-13-18-36-58(53)61(56-34-16-11-26-48(56)44-23-5-2-6-24-44)46-41-39-45(40-42-46)49-27-12-17-35-57(49)62-59-37-19-14-32-54(59)55-33-15-20-38-60(55)62/h1-42H. The molecule has 11 aromatic rings. The minimum absolute atomic E-state index is 1.07. The van der Waals surface area contributed by atoms with E-state index in [9.17, 15) is 0 Å². The maximum absolute atomic E-state index is 2.44. The van der Waals surface area contributed by atoms with Gasteiger partial charge in [0.1, 0.15) is 0 Å². The number of rotatable bonds is 9. The van der Waals surface area contributed by atoms with E-state index in [1.54, 1.807) is 0 Å². The van der Waals surface area contributed by atoms with E-state index in [1.165, 1.54) is 60.8 Å². The molecule has 0 N–H and O–H groups in total. The highest BCUT2D eigenvalue weighted by Gasteiger charge is 2.23. The molecule has 0 radical (unpaired) electrons. The molecular weight excluding hydrogens is 749 g/mol. The second-order valence-corrected chi connectivity index (χ2v) is 15.6. The third-order valence-corrected chi connectivity index (χ3v) is 12.1. The van der Waals surface area contributed by atoms with Gasteiger partial charge in [0.05, 0.1) is 28.1 Å². The largest absolute Gasteiger partial charge is 0.309 e. The van der Waals surface area contributed by atoms with Gasteiger partial charge >= 0.3 is 0 Å². The molecule has 0 spiro atoms. The van der Waals surface area contributed by atoms with Crippen LogP contribution in [0.1, 0.15) is 0 Å². The van der Waals surface area contributed by atoms with Crippen molar-refractivity contribution in [3.8, 4) is 61.3 Å². The van der Waals surface area contributed by atoms with Gasteiger partial charge in [-0.05, 0) is 81.4 Å². The Bertz CT molecular complexity index is 3290. The second-order valence-electron chi connectivity index (χ2n) is 15.6. The number of fused-ring (bicyclic) bond motifs is 3. The molecule has 0 fully saturated rings. The Morgan fingerprint density at radius 1 is 0.242 bits per heavy atom. The smallest absolute Gasteiger partial charge is 0.0541 e. The Kier molecular flexibility index (Phi) is 9.57. The molecular formula is C60H42N2. The van der Waals surface area contributed by atoms with Crippen LogP contribution in [0, 0.1) is 0 Å². The highest BCUT2D eigenvalue weighted by atomic mass is 15.1. The molecule has 0 aliphatic heterocycles. The van der Waals surface area contributed by atoms with Gasteiger partial charge < -0.3 is 9.47 Å². The summed E-state index contributed by atoms with van der Waals surface area (Å²) < 4.78 is 2.42. The summed E-state index contributed by atoms with van der Waals surface area (Å²) in [6.07, 6.45) is 0. The molecule has 0 atom stereocenters. The van der Waals surface area contributed by atoms with E-state index < -0.39 is 0 Å². The number of nitrogens with zero attached hydrogens (tertiary/aromatic N) is 2. The fourth-order valence-electron chi connectivity index (χ4n) is 9.26. The van der Waals surface area contributed by atoms with Crippen molar-refractivity contribution in [1.82, 2.24) is 4.57 Å². The van der Waals surface area contributed by atoms with Gasteiger partial charge in [-0.15, -0.1) is 0 Å². The first-order chi connectivity index (χ1) is 30.8. The normalized spacial score (nSPS) is 11.2. The lowest BCUT2D eigenvalue weighted by atomic mass is 9.88. The van der Waals surface area contributed by atoms with Crippen molar-refractivity contribution in [2.75, 3.05) is 4.90 Å². The molecule has 0 aliphatic rings. The van der Waals surface area contributed by atoms with Crippen molar-refractivity contribution in [3.05, 3.63) is 255 Å². The summed E-state index contributed by atoms with van der Waals surface area (Å²) in [5.74, 6) is 0. The van der Waals surface area contributed by atoms with Crippen LogP contribution in [0.5, 0.6) is 0 Å². The predicted molar refractivity (Wildman–Crippen MR) is 263 cm³/mol. The molecule has 0 amide bonds. The average molecular weight is 791 g/mol. The van der Waals surface area contributed by atoms with Crippen molar-refractivity contribution >= 4 is 38.9 Å². The lowest BCUT2D eigenvalue weighted by molar-refractivity contribution is 1.18. The van der Waals surface area contributed by atoms with Crippen LogP contribution >= 0.6 is 0 Å². The second kappa shape index (κ2) is 16.1. The quantitative estimate of drug-likeness (QED) is 0.141. The fraction of sp³-hybridized carbons (Fsp3) is 0. The molecule has 10 aromatic carbocycles. The zero-order valence-electron chi connectivity index (χ0n) is 34.1.